The number of anilines is 4. The van der Waals surface area contributed by atoms with Gasteiger partial charge in [0.25, 0.3) is 5.95 Å². The Bertz CT molecular complexity index is 916. The van der Waals surface area contributed by atoms with Crippen LogP contribution in [-0.4, -0.2) is 21.7 Å². The van der Waals surface area contributed by atoms with Crippen LogP contribution in [0.2, 0.25) is 0 Å². The average Bonchev–Trinajstić information content (AvgIpc) is 2.63. The zero-order valence-electron chi connectivity index (χ0n) is 14.1. The van der Waals surface area contributed by atoms with Crippen LogP contribution in [0.15, 0.2) is 54.7 Å². The molecule has 0 radical (unpaired) electrons. The number of nitrogens with zero attached hydrogens (tertiary/aromatic N) is 5. The third kappa shape index (κ3) is 3.90. The van der Waals surface area contributed by atoms with E-state index in [1.807, 2.05) is 36.1 Å². The van der Waals surface area contributed by atoms with Gasteiger partial charge in [-0.05, 0) is 49.7 Å². The van der Waals surface area contributed by atoms with E-state index in [-0.39, 0.29) is 0 Å². The van der Waals surface area contributed by atoms with Crippen LogP contribution in [0.3, 0.4) is 0 Å². The van der Waals surface area contributed by atoms with Crippen molar-refractivity contribution < 1.29 is 0 Å². The van der Waals surface area contributed by atoms with Crippen molar-refractivity contribution >= 4 is 23.1 Å². The summed E-state index contributed by atoms with van der Waals surface area (Å²) in [5.41, 5.74) is 3.56. The zero-order chi connectivity index (χ0) is 17.6. The van der Waals surface area contributed by atoms with Crippen LogP contribution in [-0.2, 0) is 0 Å². The van der Waals surface area contributed by atoms with E-state index in [9.17, 15) is 0 Å². The Morgan fingerprint density at radius 1 is 1.16 bits per heavy atom. The minimum Gasteiger partial charge on any atom is -0.339 e. The molecule has 3 aromatic rings. The zero-order valence-corrected chi connectivity index (χ0v) is 14.1. The summed E-state index contributed by atoms with van der Waals surface area (Å²) in [7, 11) is 0. The lowest BCUT2D eigenvalue weighted by atomic mass is 10.2. The maximum atomic E-state index is 9.00. The number of rotatable bonds is 5. The second-order valence-corrected chi connectivity index (χ2v) is 5.54. The van der Waals surface area contributed by atoms with Crippen molar-refractivity contribution in [3.05, 3.63) is 65.9 Å². The Kier molecular flexibility index (Phi) is 4.86. The first-order chi connectivity index (χ1) is 12.2. The van der Waals surface area contributed by atoms with Gasteiger partial charge in [0.2, 0.25) is 0 Å². The molecular formula is C19H18N6. The van der Waals surface area contributed by atoms with Crippen molar-refractivity contribution in [2.75, 3.05) is 16.8 Å². The minimum absolute atomic E-state index is 0.523. The second-order valence-electron chi connectivity index (χ2n) is 5.54. The minimum atomic E-state index is 0.523. The monoisotopic (exact) mass is 330 g/mol. The predicted molar refractivity (Wildman–Crippen MR) is 98.1 cm³/mol. The maximum absolute atomic E-state index is 9.00. The van der Waals surface area contributed by atoms with Crippen molar-refractivity contribution in [1.29, 1.82) is 5.26 Å². The Balaban J connectivity index is 1.88. The topological polar surface area (TPSA) is 77.7 Å². The third-order valence-electron chi connectivity index (χ3n) is 3.68. The van der Waals surface area contributed by atoms with Gasteiger partial charge in [-0.1, -0.05) is 18.2 Å². The lowest BCUT2D eigenvalue weighted by molar-refractivity contribution is 0.886. The summed E-state index contributed by atoms with van der Waals surface area (Å²) < 4.78 is 0. The number of benzene rings is 2. The van der Waals surface area contributed by atoms with E-state index in [0.717, 1.165) is 17.9 Å². The molecule has 0 bridgehead atoms. The van der Waals surface area contributed by atoms with E-state index in [1.165, 1.54) is 5.56 Å². The summed E-state index contributed by atoms with van der Waals surface area (Å²) in [4.78, 5) is 6.56. The van der Waals surface area contributed by atoms with Crippen LogP contribution in [0.4, 0.5) is 23.1 Å². The SMILES string of the molecule is CCN(c1cccc(C)c1)c1nncc(Nc2cccc(C#N)c2)n1. The Morgan fingerprint density at radius 3 is 2.76 bits per heavy atom. The van der Waals surface area contributed by atoms with E-state index in [1.54, 1.807) is 18.3 Å². The first-order valence-corrected chi connectivity index (χ1v) is 8.00. The number of aromatic nitrogens is 3. The van der Waals surface area contributed by atoms with Crippen LogP contribution < -0.4 is 10.2 Å². The highest BCUT2D eigenvalue weighted by Gasteiger charge is 2.12. The number of nitriles is 1. The standard InChI is InChI=1S/C19H18N6/c1-3-25(17-9-4-6-14(2)10-17)19-23-18(13-21-24-19)22-16-8-5-7-15(11-16)12-20/h4-11,13H,3H2,1-2H3,(H,22,23,24). The summed E-state index contributed by atoms with van der Waals surface area (Å²) in [6.45, 7) is 4.82. The molecule has 0 saturated carbocycles. The van der Waals surface area contributed by atoms with E-state index < -0.39 is 0 Å². The second kappa shape index (κ2) is 7.41. The van der Waals surface area contributed by atoms with Gasteiger partial charge in [-0.2, -0.15) is 15.3 Å². The molecular weight excluding hydrogens is 312 g/mol. The molecule has 25 heavy (non-hydrogen) atoms. The molecule has 0 amide bonds. The van der Waals surface area contributed by atoms with E-state index in [0.29, 0.717) is 17.3 Å². The molecule has 0 atom stereocenters. The predicted octanol–water partition coefficient (Wildman–Crippen LogP) is 3.95. The number of nitrogens with one attached hydrogen (secondary N) is 1. The Hall–Kier alpha value is -3.46. The van der Waals surface area contributed by atoms with E-state index in [4.69, 9.17) is 5.26 Å². The van der Waals surface area contributed by atoms with Gasteiger partial charge in [0.15, 0.2) is 5.82 Å². The number of aryl methyl sites for hydroxylation is 1. The van der Waals surface area contributed by atoms with Crippen LogP contribution in [0.25, 0.3) is 0 Å². The fourth-order valence-corrected chi connectivity index (χ4v) is 2.52. The van der Waals surface area contributed by atoms with Gasteiger partial charge < -0.3 is 10.2 Å². The molecule has 0 aliphatic heterocycles. The lowest BCUT2D eigenvalue weighted by Gasteiger charge is -2.21. The first-order valence-electron chi connectivity index (χ1n) is 8.00. The van der Waals surface area contributed by atoms with Crippen LogP contribution in [0.1, 0.15) is 18.1 Å². The highest BCUT2D eigenvalue weighted by Crippen LogP contribution is 2.24. The number of hydrogen-bond donors (Lipinski definition) is 1. The van der Waals surface area contributed by atoms with Crippen LogP contribution in [0, 0.1) is 18.3 Å². The van der Waals surface area contributed by atoms with Gasteiger partial charge in [0.05, 0.1) is 17.8 Å². The quantitative estimate of drug-likeness (QED) is 0.763. The van der Waals surface area contributed by atoms with Gasteiger partial charge in [0.1, 0.15) is 0 Å². The Labute approximate surface area is 146 Å². The summed E-state index contributed by atoms with van der Waals surface area (Å²) in [6.07, 6.45) is 1.56. The molecule has 0 saturated heterocycles. The molecule has 6 nitrogen and oxygen atoms in total. The van der Waals surface area contributed by atoms with Crippen molar-refractivity contribution in [1.82, 2.24) is 15.2 Å². The molecule has 0 fully saturated rings. The molecule has 6 heteroatoms. The molecule has 124 valence electrons. The fourth-order valence-electron chi connectivity index (χ4n) is 2.52. The van der Waals surface area contributed by atoms with Crippen LogP contribution >= 0.6 is 0 Å². The molecule has 0 unspecified atom stereocenters. The summed E-state index contributed by atoms with van der Waals surface area (Å²) >= 11 is 0. The molecule has 3 rings (SSSR count). The normalized spacial score (nSPS) is 10.1. The van der Waals surface area contributed by atoms with Gasteiger partial charge >= 0.3 is 0 Å². The molecule has 0 spiro atoms. The van der Waals surface area contributed by atoms with Crippen LogP contribution in [0.5, 0.6) is 0 Å². The molecule has 0 aliphatic carbocycles. The first kappa shape index (κ1) is 16.4. The summed E-state index contributed by atoms with van der Waals surface area (Å²) in [5.74, 6) is 1.10. The highest BCUT2D eigenvalue weighted by molar-refractivity contribution is 5.61. The van der Waals surface area contributed by atoms with Gasteiger partial charge in [-0.25, -0.2) is 0 Å². The van der Waals surface area contributed by atoms with E-state index >= 15 is 0 Å². The van der Waals surface area contributed by atoms with Crippen molar-refractivity contribution in [2.45, 2.75) is 13.8 Å². The molecule has 1 aromatic heterocycles. The molecule has 1 N–H and O–H groups in total. The van der Waals surface area contributed by atoms with Crippen molar-refractivity contribution in [3.8, 4) is 6.07 Å². The summed E-state index contributed by atoms with van der Waals surface area (Å²) in [5, 5.41) is 20.4. The summed E-state index contributed by atoms with van der Waals surface area (Å²) in [6, 6.07) is 17.5. The average molecular weight is 330 g/mol. The lowest BCUT2D eigenvalue weighted by Crippen LogP contribution is -2.19. The van der Waals surface area contributed by atoms with E-state index in [2.05, 4.69) is 45.6 Å². The number of hydrogen-bond acceptors (Lipinski definition) is 6. The van der Waals surface area contributed by atoms with Gasteiger partial charge in [0, 0.05) is 17.9 Å². The maximum Gasteiger partial charge on any atom is 0.251 e. The molecule has 1 heterocycles. The van der Waals surface area contributed by atoms with Gasteiger partial charge in [-0.3, -0.25) is 0 Å². The molecule has 2 aromatic carbocycles. The van der Waals surface area contributed by atoms with Crippen molar-refractivity contribution in [2.24, 2.45) is 0 Å². The largest absolute Gasteiger partial charge is 0.339 e. The smallest absolute Gasteiger partial charge is 0.251 e. The Morgan fingerprint density at radius 2 is 2.00 bits per heavy atom. The fraction of sp³-hybridized carbons (Fsp3) is 0.158. The third-order valence-corrected chi connectivity index (χ3v) is 3.68. The van der Waals surface area contributed by atoms with Gasteiger partial charge in [-0.15, -0.1) is 5.10 Å². The highest BCUT2D eigenvalue weighted by atomic mass is 15.3. The van der Waals surface area contributed by atoms with Crippen molar-refractivity contribution in [3.63, 3.8) is 0 Å². The molecule has 0 aliphatic rings.